The number of aromatic nitrogens is 3. The van der Waals surface area contributed by atoms with Crippen molar-refractivity contribution in [2.75, 3.05) is 24.3 Å². The van der Waals surface area contributed by atoms with Crippen molar-refractivity contribution in [1.29, 1.82) is 0 Å². The Bertz CT molecular complexity index is 600. The molecule has 0 saturated heterocycles. The second-order valence-electron chi connectivity index (χ2n) is 4.37. The normalized spacial score (nSPS) is 10.2. The zero-order chi connectivity index (χ0) is 14.5. The van der Waals surface area contributed by atoms with Gasteiger partial charge in [-0.05, 0) is 44.0 Å². The van der Waals surface area contributed by atoms with Gasteiger partial charge in [-0.15, -0.1) is 0 Å². The molecule has 20 heavy (non-hydrogen) atoms. The number of benzene rings is 1. The van der Waals surface area contributed by atoms with Crippen molar-refractivity contribution in [2.24, 2.45) is 0 Å². The van der Waals surface area contributed by atoms with Gasteiger partial charge in [0, 0.05) is 12.7 Å². The highest BCUT2D eigenvalue weighted by molar-refractivity contribution is 5.56. The molecule has 106 valence electrons. The number of anilines is 3. The smallest absolute Gasteiger partial charge is 0.323 e. The standard InChI is InChI=1S/C14H19N5O/c1-5-20-14-18-12(15-4)17-13(19-14)16-11-7-6-9(2)10(3)8-11/h6-8H,5H2,1-4H3,(H2,15,16,17,18,19). The van der Waals surface area contributed by atoms with Gasteiger partial charge >= 0.3 is 6.01 Å². The summed E-state index contributed by atoms with van der Waals surface area (Å²) in [5.74, 6) is 0.922. The lowest BCUT2D eigenvalue weighted by molar-refractivity contribution is 0.312. The fraction of sp³-hybridized carbons (Fsp3) is 0.357. The summed E-state index contributed by atoms with van der Waals surface area (Å²) in [6, 6.07) is 6.41. The van der Waals surface area contributed by atoms with Crippen LogP contribution in [-0.2, 0) is 0 Å². The minimum atomic E-state index is 0.304. The molecule has 0 saturated carbocycles. The van der Waals surface area contributed by atoms with Gasteiger partial charge in [-0.2, -0.15) is 15.0 Å². The largest absolute Gasteiger partial charge is 0.464 e. The van der Waals surface area contributed by atoms with Gasteiger partial charge < -0.3 is 15.4 Å². The van der Waals surface area contributed by atoms with E-state index in [0.29, 0.717) is 24.5 Å². The number of hydrogen-bond donors (Lipinski definition) is 2. The van der Waals surface area contributed by atoms with Crippen molar-refractivity contribution in [3.63, 3.8) is 0 Å². The molecule has 1 aromatic carbocycles. The van der Waals surface area contributed by atoms with Gasteiger partial charge in [0.25, 0.3) is 0 Å². The highest BCUT2D eigenvalue weighted by atomic mass is 16.5. The summed E-state index contributed by atoms with van der Waals surface area (Å²) in [7, 11) is 1.75. The average Bonchev–Trinajstić information content (AvgIpc) is 2.43. The molecule has 2 aromatic rings. The summed E-state index contributed by atoms with van der Waals surface area (Å²) in [4.78, 5) is 12.6. The molecule has 1 heterocycles. The van der Waals surface area contributed by atoms with Crippen LogP contribution in [0, 0.1) is 13.8 Å². The average molecular weight is 273 g/mol. The van der Waals surface area contributed by atoms with Crippen molar-refractivity contribution in [1.82, 2.24) is 15.0 Å². The Morgan fingerprint density at radius 1 is 1.05 bits per heavy atom. The number of aryl methyl sites for hydroxylation is 2. The Hall–Kier alpha value is -2.37. The minimum Gasteiger partial charge on any atom is -0.464 e. The first-order valence-electron chi connectivity index (χ1n) is 6.53. The molecular formula is C14H19N5O. The van der Waals surface area contributed by atoms with Crippen molar-refractivity contribution < 1.29 is 4.74 Å². The molecule has 0 atom stereocenters. The second-order valence-corrected chi connectivity index (χ2v) is 4.37. The molecule has 0 aliphatic heterocycles. The molecule has 0 aliphatic carbocycles. The third-order valence-electron chi connectivity index (χ3n) is 2.87. The number of ether oxygens (including phenoxy) is 1. The Balaban J connectivity index is 2.27. The van der Waals surface area contributed by atoms with Gasteiger partial charge in [0.05, 0.1) is 6.61 Å². The topological polar surface area (TPSA) is 72.0 Å². The lowest BCUT2D eigenvalue weighted by Gasteiger charge is -2.09. The summed E-state index contributed by atoms with van der Waals surface area (Å²) in [6.45, 7) is 6.54. The van der Waals surface area contributed by atoms with Crippen LogP contribution in [0.25, 0.3) is 0 Å². The van der Waals surface area contributed by atoms with Crippen LogP contribution in [0.2, 0.25) is 0 Å². The van der Waals surface area contributed by atoms with E-state index in [1.165, 1.54) is 11.1 Å². The van der Waals surface area contributed by atoms with E-state index in [4.69, 9.17) is 4.74 Å². The number of hydrogen-bond acceptors (Lipinski definition) is 6. The first-order valence-corrected chi connectivity index (χ1v) is 6.53. The molecule has 2 rings (SSSR count). The number of nitrogens with one attached hydrogen (secondary N) is 2. The fourth-order valence-electron chi connectivity index (χ4n) is 1.67. The maximum absolute atomic E-state index is 5.33. The maximum atomic E-state index is 5.33. The molecule has 1 aromatic heterocycles. The summed E-state index contributed by atoms with van der Waals surface area (Å²) in [5, 5.41) is 6.05. The highest BCUT2D eigenvalue weighted by Gasteiger charge is 2.07. The van der Waals surface area contributed by atoms with Crippen LogP contribution in [0.5, 0.6) is 6.01 Å². The lowest BCUT2D eigenvalue weighted by Crippen LogP contribution is -2.07. The van der Waals surface area contributed by atoms with E-state index in [1.54, 1.807) is 7.05 Å². The molecule has 6 nitrogen and oxygen atoms in total. The molecule has 0 unspecified atom stereocenters. The highest BCUT2D eigenvalue weighted by Crippen LogP contribution is 2.19. The molecule has 0 fully saturated rings. The van der Waals surface area contributed by atoms with E-state index >= 15 is 0 Å². The summed E-state index contributed by atoms with van der Waals surface area (Å²) < 4.78 is 5.33. The van der Waals surface area contributed by atoms with Gasteiger partial charge in [0.1, 0.15) is 0 Å². The lowest BCUT2D eigenvalue weighted by atomic mass is 10.1. The van der Waals surface area contributed by atoms with Crippen LogP contribution >= 0.6 is 0 Å². The van der Waals surface area contributed by atoms with Gasteiger partial charge in [-0.25, -0.2) is 0 Å². The molecule has 0 bridgehead atoms. The van der Waals surface area contributed by atoms with E-state index in [9.17, 15) is 0 Å². The first-order chi connectivity index (χ1) is 9.62. The molecule has 0 spiro atoms. The Morgan fingerprint density at radius 3 is 2.45 bits per heavy atom. The maximum Gasteiger partial charge on any atom is 0.323 e. The summed E-state index contributed by atoms with van der Waals surface area (Å²) in [5.41, 5.74) is 3.39. The number of rotatable bonds is 5. The van der Waals surface area contributed by atoms with E-state index in [2.05, 4.69) is 51.6 Å². The monoisotopic (exact) mass is 273 g/mol. The third kappa shape index (κ3) is 3.34. The molecule has 0 radical (unpaired) electrons. The van der Waals surface area contributed by atoms with Crippen LogP contribution in [-0.4, -0.2) is 28.6 Å². The van der Waals surface area contributed by atoms with Crippen LogP contribution in [0.3, 0.4) is 0 Å². The molecular weight excluding hydrogens is 254 g/mol. The first kappa shape index (κ1) is 14.0. The second kappa shape index (κ2) is 6.18. The van der Waals surface area contributed by atoms with Crippen LogP contribution in [0.1, 0.15) is 18.1 Å². The SMILES string of the molecule is CCOc1nc(NC)nc(Nc2ccc(C)c(C)c2)n1. The van der Waals surface area contributed by atoms with Crippen LogP contribution in [0.15, 0.2) is 18.2 Å². The van der Waals surface area contributed by atoms with Crippen molar-refractivity contribution in [3.8, 4) is 6.01 Å². The predicted molar refractivity (Wildman–Crippen MR) is 79.7 cm³/mol. The zero-order valence-corrected chi connectivity index (χ0v) is 12.2. The van der Waals surface area contributed by atoms with Crippen LogP contribution < -0.4 is 15.4 Å². The molecule has 0 amide bonds. The van der Waals surface area contributed by atoms with E-state index < -0.39 is 0 Å². The van der Waals surface area contributed by atoms with Gasteiger partial charge in [0.15, 0.2) is 0 Å². The van der Waals surface area contributed by atoms with E-state index in [-0.39, 0.29) is 0 Å². The van der Waals surface area contributed by atoms with E-state index in [1.807, 2.05) is 13.0 Å². The predicted octanol–water partition coefficient (Wildman–Crippen LogP) is 2.67. The van der Waals surface area contributed by atoms with Crippen LogP contribution in [0.4, 0.5) is 17.6 Å². The fourth-order valence-corrected chi connectivity index (χ4v) is 1.67. The Labute approximate surface area is 118 Å². The Morgan fingerprint density at radius 2 is 1.80 bits per heavy atom. The van der Waals surface area contributed by atoms with Crippen molar-refractivity contribution >= 4 is 17.6 Å². The van der Waals surface area contributed by atoms with Crippen molar-refractivity contribution in [3.05, 3.63) is 29.3 Å². The minimum absolute atomic E-state index is 0.304. The van der Waals surface area contributed by atoms with Gasteiger partial charge in [-0.1, -0.05) is 6.07 Å². The summed E-state index contributed by atoms with van der Waals surface area (Å²) in [6.07, 6.45) is 0. The molecule has 2 N–H and O–H groups in total. The molecule has 6 heteroatoms. The van der Waals surface area contributed by atoms with E-state index in [0.717, 1.165) is 5.69 Å². The zero-order valence-electron chi connectivity index (χ0n) is 12.2. The van der Waals surface area contributed by atoms with Gasteiger partial charge in [0.2, 0.25) is 11.9 Å². The molecule has 0 aliphatic rings. The van der Waals surface area contributed by atoms with Crippen molar-refractivity contribution in [2.45, 2.75) is 20.8 Å². The quantitative estimate of drug-likeness (QED) is 0.872. The summed E-state index contributed by atoms with van der Waals surface area (Å²) >= 11 is 0. The number of nitrogens with zero attached hydrogens (tertiary/aromatic N) is 3. The van der Waals surface area contributed by atoms with Gasteiger partial charge in [-0.3, -0.25) is 0 Å². The Kier molecular flexibility index (Phi) is 4.34. The third-order valence-corrected chi connectivity index (χ3v) is 2.87.